The maximum absolute atomic E-state index is 11.1. The van der Waals surface area contributed by atoms with Crippen molar-refractivity contribution in [2.45, 2.75) is 13.8 Å². The van der Waals surface area contributed by atoms with Gasteiger partial charge in [0.25, 0.3) is 0 Å². The number of nitrogens with zero attached hydrogens (tertiary/aromatic N) is 3. The first-order chi connectivity index (χ1) is 10.6. The number of thiocarbonyl (C=S) groups is 1. The molecule has 5 N–H and O–H groups in total. The molecule has 0 radical (unpaired) electrons. The second kappa shape index (κ2) is 7.71. The number of amides is 1. The number of carbonyl (C=O) groups is 1. The van der Waals surface area contributed by atoms with Crippen molar-refractivity contribution in [3.8, 4) is 0 Å². The van der Waals surface area contributed by atoms with Crippen molar-refractivity contribution in [3.63, 3.8) is 0 Å². The van der Waals surface area contributed by atoms with Crippen molar-refractivity contribution in [1.29, 1.82) is 0 Å². The van der Waals surface area contributed by atoms with Crippen LogP contribution in [0.5, 0.6) is 0 Å². The number of hydrogen-bond donors (Lipinski definition) is 4. The molecule has 0 spiro atoms. The third kappa shape index (κ3) is 4.77. The van der Waals surface area contributed by atoms with Crippen LogP contribution in [0.15, 0.2) is 18.3 Å². The van der Waals surface area contributed by atoms with Gasteiger partial charge in [0, 0.05) is 24.4 Å². The maximum atomic E-state index is 11.1. The molecule has 0 aromatic heterocycles. The van der Waals surface area contributed by atoms with Gasteiger partial charge in [-0.1, -0.05) is 6.07 Å². The lowest BCUT2D eigenvalue weighted by atomic mass is 10.0. The van der Waals surface area contributed by atoms with Gasteiger partial charge in [-0.3, -0.25) is 20.6 Å². The van der Waals surface area contributed by atoms with Gasteiger partial charge in [0.05, 0.1) is 0 Å². The molecular formula is C12H15N5O5S-2. The number of anilines is 2. The molecule has 11 heteroatoms. The number of rotatable bonds is 4. The Hall–Kier alpha value is -2.44. The standard InChI is InChI=1S/C12H15N5O5S/c1-7-3-4-10(16(19)20)11(17(21)22)9(7)5-6-15(12(13)23)14-8(2)18/h3-6,21-22H,1-2H3,(H2,13,23)(H,14,18)/q-2/b6-5+. The summed E-state index contributed by atoms with van der Waals surface area (Å²) in [5.74, 6) is -0.440. The minimum atomic E-state index is -0.759. The molecule has 126 valence electrons. The van der Waals surface area contributed by atoms with E-state index in [1.54, 1.807) is 6.92 Å². The van der Waals surface area contributed by atoms with Gasteiger partial charge >= 0.3 is 0 Å². The summed E-state index contributed by atoms with van der Waals surface area (Å²) in [5, 5.41) is 40.3. The monoisotopic (exact) mass is 341 g/mol. The fraction of sp³-hybridized carbons (Fsp3) is 0.167. The summed E-state index contributed by atoms with van der Waals surface area (Å²) >= 11 is 4.76. The van der Waals surface area contributed by atoms with Crippen LogP contribution in [0.3, 0.4) is 0 Å². The minimum absolute atomic E-state index is 0.135. The average molecular weight is 341 g/mol. The summed E-state index contributed by atoms with van der Waals surface area (Å²) in [6, 6.07) is 2.58. The molecule has 0 aliphatic carbocycles. The van der Waals surface area contributed by atoms with Crippen LogP contribution >= 0.6 is 12.2 Å². The first-order valence-corrected chi connectivity index (χ1v) is 6.56. The molecule has 0 atom stereocenters. The summed E-state index contributed by atoms with van der Waals surface area (Å²) in [6.07, 6.45) is 2.54. The number of hydrogen-bond acceptors (Lipinski definition) is 8. The van der Waals surface area contributed by atoms with Gasteiger partial charge in [0.15, 0.2) is 5.11 Å². The van der Waals surface area contributed by atoms with Crippen LogP contribution in [-0.4, -0.2) is 26.4 Å². The molecule has 10 nitrogen and oxygen atoms in total. The summed E-state index contributed by atoms with van der Waals surface area (Å²) < 4.78 is 0. The molecule has 1 amide bonds. The van der Waals surface area contributed by atoms with E-state index in [2.05, 4.69) is 5.43 Å². The summed E-state index contributed by atoms with van der Waals surface area (Å²) in [4.78, 5) is 11.1. The quantitative estimate of drug-likeness (QED) is 0.460. The second-order valence-electron chi connectivity index (χ2n) is 4.40. The van der Waals surface area contributed by atoms with Crippen LogP contribution in [0, 0.1) is 17.3 Å². The van der Waals surface area contributed by atoms with Crippen LogP contribution in [0.2, 0.25) is 0 Å². The normalized spacial score (nSPS) is 10.5. The Balaban J connectivity index is 3.35. The predicted octanol–water partition coefficient (Wildman–Crippen LogP) is 0.949. The molecule has 1 aromatic rings. The molecule has 0 unspecified atom stereocenters. The Morgan fingerprint density at radius 2 is 2.00 bits per heavy atom. The highest BCUT2D eigenvalue weighted by Crippen LogP contribution is 2.34. The van der Waals surface area contributed by atoms with Gasteiger partial charge in [-0.05, 0) is 36.8 Å². The third-order valence-electron chi connectivity index (χ3n) is 2.72. The first kappa shape index (κ1) is 18.6. The van der Waals surface area contributed by atoms with Crippen molar-refractivity contribution >= 4 is 40.7 Å². The number of nitrogens with two attached hydrogens (primary N) is 1. The number of aryl methyl sites for hydroxylation is 1. The summed E-state index contributed by atoms with van der Waals surface area (Å²) in [6.45, 7) is 2.85. The lowest BCUT2D eigenvalue weighted by Crippen LogP contribution is -2.44. The molecule has 0 heterocycles. The number of benzene rings is 1. The van der Waals surface area contributed by atoms with Gasteiger partial charge < -0.3 is 21.4 Å². The zero-order valence-corrected chi connectivity index (χ0v) is 13.1. The molecule has 23 heavy (non-hydrogen) atoms. The number of carbonyl (C=O) groups excluding carboxylic acids is 1. The van der Waals surface area contributed by atoms with E-state index in [1.165, 1.54) is 25.3 Å². The van der Waals surface area contributed by atoms with E-state index in [1.807, 2.05) is 0 Å². The highest BCUT2D eigenvalue weighted by atomic mass is 32.1. The van der Waals surface area contributed by atoms with Gasteiger partial charge in [-0.25, -0.2) is 5.01 Å². The first-order valence-electron chi connectivity index (χ1n) is 6.15. The SMILES string of the molecule is CC(=O)NN(/C=C/c1c(C)ccc(N([O-])[O-])c1N(O)O)C(N)=S. The molecule has 0 bridgehead atoms. The highest BCUT2D eigenvalue weighted by molar-refractivity contribution is 7.80. The van der Waals surface area contributed by atoms with Crippen molar-refractivity contribution in [1.82, 2.24) is 10.4 Å². The van der Waals surface area contributed by atoms with E-state index < -0.39 is 22.5 Å². The van der Waals surface area contributed by atoms with E-state index in [0.29, 0.717) is 5.56 Å². The van der Waals surface area contributed by atoms with Crippen LogP contribution in [0.4, 0.5) is 11.4 Å². The van der Waals surface area contributed by atoms with Crippen LogP contribution in [0.25, 0.3) is 6.08 Å². The van der Waals surface area contributed by atoms with Crippen molar-refractivity contribution < 1.29 is 15.2 Å². The van der Waals surface area contributed by atoms with Gasteiger partial charge in [-0.15, -0.1) is 5.23 Å². The zero-order valence-electron chi connectivity index (χ0n) is 12.3. The Kier molecular flexibility index (Phi) is 6.24. The maximum Gasteiger partial charge on any atom is 0.235 e. The molecule has 0 aliphatic rings. The molecule has 0 fully saturated rings. The van der Waals surface area contributed by atoms with Gasteiger partial charge in [-0.2, -0.15) is 0 Å². The Bertz CT molecular complexity index is 635. The fourth-order valence-electron chi connectivity index (χ4n) is 1.75. The van der Waals surface area contributed by atoms with Gasteiger partial charge in [0.2, 0.25) is 5.91 Å². The van der Waals surface area contributed by atoms with Crippen molar-refractivity contribution in [2.24, 2.45) is 5.73 Å². The molecular weight excluding hydrogens is 326 g/mol. The topological polar surface area (TPSA) is 151 Å². The molecule has 0 saturated carbocycles. The average Bonchev–Trinajstić information content (AvgIpc) is 2.42. The van der Waals surface area contributed by atoms with E-state index in [0.717, 1.165) is 11.1 Å². The van der Waals surface area contributed by atoms with Crippen molar-refractivity contribution in [2.75, 3.05) is 10.5 Å². The fourth-order valence-corrected chi connectivity index (χ4v) is 1.86. The van der Waals surface area contributed by atoms with Crippen LogP contribution < -0.4 is 21.6 Å². The predicted molar refractivity (Wildman–Crippen MR) is 87.9 cm³/mol. The molecule has 1 rings (SSSR count). The van der Waals surface area contributed by atoms with E-state index in [9.17, 15) is 25.6 Å². The number of nitrogens with one attached hydrogen (secondary N) is 1. The lowest BCUT2D eigenvalue weighted by molar-refractivity contribution is -0.121. The van der Waals surface area contributed by atoms with E-state index in [-0.39, 0.29) is 15.9 Å². The van der Waals surface area contributed by atoms with Crippen molar-refractivity contribution in [3.05, 3.63) is 39.9 Å². The summed E-state index contributed by atoms with van der Waals surface area (Å²) in [5.41, 5.74) is 7.46. The Labute approximate surface area is 137 Å². The molecule has 1 aromatic carbocycles. The highest BCUT2D eigenvalue weighted by Gasteiger charge is 2.14. The zero-order chi connectivity index (χ0) is 17.7. The molecule has 0 aliphatic heterocycles. The largest absolute Gasteiger partial charge is 0.769 e. The Morgan fingerprint density at radius 3 is 2.43 bits per heavy atom. The summed E-state index contributed by atoms with van der Waals surface area (Å²) in [7, 11) is 0. The minimum Gasteiger partial charge on any atom is -0.769 e. The van der Waals surface area contributed by atoms with Gasteiger partial charge in [0.1, 0.15) is 5.69 Å². The Morgan fingerprint density at radius 1 is 1.39 bits per heavy atom. The van der Waals surface area contributed by atoms with Crippen LogP contribution in [-0.2, 0) is 4.79 Å². The third-order valence-corrected chi connectivity index (χ3v) is 2.91. The van der Waals surface area contributed by atoms with E-state index in [4.69, 9.17) is 18.0 Å². The second-order valence-corrected chi connectivity index (χ2v) is 4.82. The molecule has 0 saturated heterocycles. The lowest BCUT2D eigenvalue weighted by Gasteiger charge is -2.39. The van der Waals surface area contributed by atoms with E-state index >= 15 is 0 Å². The smallest absolute Gasteiger partial charge is 0.235 e. The number of hydrazine groups is 1. The van der Waals surface area contributed by atoms with Crippen LogP contribution in [0.1, 0.15) is 18.1 Å².